The zero-order valence-electron chi connectivity index (χ0n) is 15.0. The molecule has 2 heterocycles. The van der Waals surface area contributed by atoms with Gasteiger partial charge in [-0.15, -0.1) is 5.10 Å². The third-order valence-corrected chi connectivity index (χ3v) is 5.15. The standard InChI is InChI=1S/C18H27N5O2/c1-21(2)15(14-8-4-3-5-9-14)12-19-17(24)13-23-18(25)22-11-7-6-10-16(22)20-23/h6-7,10-11,14-15H,3-5,8-9,12-13H2,1-2H3,(H,19,24)/t15-/m0/s1. The molecule has 136 valence electrons. The highest BCUT2D eigenvalue weighted by molar-refractivity contribution is 5.75. The lowest BCUT2D eigenvalue weighted by Gasteiger charge is -2.34. The summed E-state index contributed by atoms with van der Waals surface area (Å²) < 4.78 is 2.66. The Morgan fingerprint density at radius 2 is 2.08 bits per heavy atom. The van der Waals surface area contributed by atoms with Gasteiger partial charge in [0.2, 0.25) is 5.91 Å². The molecular weight excluding hydrogens is 318 g/mol. The summed E-state index contributed by atoms with van der Waals surface area (Å²) in [4.78, 5) is 26.7. The van der Waals surface area contributed by atoms with E-state index >= 15 is 0 Å². The number of hydrogen-bond donors (Lipinski definition) is 1. The minimum Gasteiger partial charge on any atom is -0.353 e. The Hall–Kier alpha value is -2.15. The van der Waals surface area contributed by atoms with Gasteiger partial charge in [0.1, 0.15) is 6.54 Å². The highest BCUT2D eigenvalue weighted by Gasteiger charge is 2.25. The third-order valence-electron chi connectivity index (χ3n) is 5.15. The van der Waals surface area contributed by atoms with Crippen molar-refractivity contribution in [1.82, 2.24) is 24.4 Å². The van der Waals surface area contributed by atoms with Crippen LogP contribution in [0.5, 0.6) is 0 Å². The molecule has 1 atom stereocenters. The van der Waals surface area contributed by atoms with Crippen molar-refractivity contribution < 1.29 is 4.79 Å². The molecule has 7 nitrogen and oxygen atoms in total. The summed E-state index contributed by atoms with van der Waals surface area (Å²) in [5.41, 5.74) is 0.260. The number of hydrogen-bond acceptors (Lipinski definition) is 4. The van der Waals surface area contributed by atoms with Crippen LogP contribution in [0.4, 0.5) is 0 Å². The first-order chi connectivity index (χ1) is 12.1. The van der Waals surface area contributed by atoms with Crippen LogP contribution in [0.25, 0.3) is 5.65 Å². The molecule has 2 aromatic heterocycles. The maximum Gasteiger partial charge on any atom is 0.350 e. The second kappa shape index (κ2) is 7.82. The van der Waals surface area contributed by atoms with Gasteiger partial charge in [-0.2, -0.15) is 0 Å². The van der Waals surface area contributed by atoms with E-state index in [1.807, 2.05) is 6.07 Å². The first-order valence-electron chi connectivity index (χ1n) is 9.03. The molecule has 0 saturated heterocycles. The van der Waals surface area contributed by atoms with E-state index in [2.05, 4.69) is 29.4 Å². The van der Waals surface area contributed by atoms with Crippen molar-refractivity contribution in [2.45, 2.75) is 44.7 Å². The average molecular weight is 345 g/mol. The Morgan fingerprint density at radius 1 is 1.32 bits per heavy atom. The molecule has 25 heavy (non-hydrogen) atoms. The molecule has 0 aliphatic heterocycles. The van der Waals surface area contributed by atoms with Gasteiger partial charge in [-0.3, -0.25) is 9.20 Å². The van der Waals surface area contributed by atoms with Crippen LogP contribution in [0.1, 0.15) is 32.1 Å². The number of carbonyl (C=O) groups excluding carboxylic acids is 1. The Bertz CT molecular complexity index is 773. The highest BCUT2D eigenvalue weighted by atomic mass is 16.2. The summed E-state index contributed by atoms with van der Waals surface area (Å²) in [6, 6.07) is 5.67. The molecule has 1 saturated carbocycles. The van der Waals surface area contributed by atoms with E-state index in [1.54, 1.807) is 18.3 Å². The van der Waals surface area contributed by atoms with Crippen molar-refractivity contribution in [1.29, 1.82) is 0 Å². The number of pyridine rings is 1. The topological polar surface area (TPSA) is 71.6 Å². The van der Waals surface area contributed by atoms with Crippen LogP contribution in [0.2, 0.25) is 0 Å². The predicted molar refractivity (Wildman–Crippen MR) is 96.5 cm³/mol. The van der Waals surface area contributed by atoms with Crippen molar-refractivity contribution >= 4 is 11.6 Å². The zero-order chi connectivity index (χ0) is 17.8. The maximum atomic E-state index is 12.3. The lowest BCUT2D eigenvalue weighted by molar-refractivity contribution is -0.122. The lowest BCUT2D eigenvalue weighted by atomic mass is 9.83. The normalized spacial score (nSPS) is 17.1. The van der Waals surface area contributed by atoms with Gasteiger partial charge in [0, 0.05) is 18.8 Å². The van der Waals surface area contributed by atoms with Gasteiger partial charge >= 0.3 is 5.69 Å². The molecule has 1 aliphatic rings. The number of nitrogens with zero attached hydrogens (tertiary/aromatic N) is 4. The largest absolute Gasteiger partial charge is 0.353 e. The van der Waals surface area contributed by atoms with Crippen LogP contribution in [-0.4, -0.2) is 51.7 Å². The smallest absolute Gasteiger partial charge is 0.350 e. The van der Waals surface area contributed by atoms with Crippen LogP contribution in [0.15, 0.2) is 29.2 Å². The van der Waals surface area contributed by atoms with Crippen LogP contribution in [0, 0.1) is 5.92 Å². The molecule has 1 N–H and O–H groups in total. The van der Waals surface area contributed by atoms with Crippen molar-refractivity contribution in [2.75, 3.05) is 20.6 Å². The number of likely N-dealkylation sites (N-methyl/N-ethyl adjacent to an activating group) is 1. The van der Waals surface area contributed by atoms with Crippen molar-refractivity contribution in [3.63, 3.8) is 0 Å². The van der Waals surface area contributed by atoms with Crippen molar-refractivity contribution in [2.24, 2.45) is 5.92 Å². The summed E-state index contributed by atoms with van der Waals surface area (Å²) in [6.07, 6.45) is 7.98. The Balaban J connectivity index is 1.61. The number of rotatable bonds is 6. The van der Waals surface area contributed by atoms with Crippen molar-refractivity contribution in [3.05, 3.63) is 34.9 Å². The maximum absolute atomic E-state index is 12.3. The Morgan fingerprint density at radius 3 is 2.76 bits per heavy atom. The van der Waals surface area contributed by atoms with Crippen LogP contribution >= 0.6 is 0 Å². The second-order valence-electron chi connectivity index (χ2n) is 7.10. The summed E-state index contributed by atoms with van der Waals surface area (Å²) in [6.45, 7) is 0.559. The van der Waals surface area contributed by atoms with Gasteiger partial charge in [0.15, 0.2) is 5.65 Å². The number of carbonyl (C=O) groups is 1. The summed E-state index contributed by atoms with van der Waals surface area (Å²) in [5.74, 6) is 0.454. The van der Waals surface area contributed by atoms with E-state index < -0.39 is 0 Å². The fraction of sp³-hybridized carbons (Fsp3) is 0.611. The summed E-state index contributed by atoms with van der Waals surface area (Å²) in [7, 11) is 4.13. The molecule has 0 spiro atoms. The second-order valence-corrected chi connectivity index (χ2v) is 7.10. The van der Waals surface area contributed by atoms with Crippen LogP contribution in [0.3, 0.4) is 0 Å². The lowest BCUT2D eigenvalue weighted by Crippen LogP contribution is -2.46. The van der Waals surface area contributed by atoms with Gasteiger partial charge in [0.05, 0.1) is 0 Å². The van der Waals surface area contributed by atoms with Gasteiger partial charge < -0.3 is 10.2 Å². The fourth-order valence-electron chi connectivity index (χ4n) is 3.77. The van der Waals surface area contributed by atoms with E-state index in [1.165, 1.54) is 41.2 Å². The molecule has 3 rings (SSSR count). The van der Waals surface area contributed by atoms with Crippen molar-refractivity contribution in [3.8, 4) is 0 Å². The highest BCUT2D eigenvalue weighted by Crippen LogP contribution is 2.28. The molecule has 0 radical (unpaired) electrons. The predicted octanol–water partition coefficient (Wildman–Crippen LogP) is 1.12. The molecule has 1 amide bonds. The summed E-state index contributed by atoms with van der Waals surface area (Å²) in [5, 5.41) is 7.19. The minimum absolute atomic E-state index is 0.0503. The molecular formula is C18H27N5O2. The molecule has 0 aromatic carbocycles. The summed E-state index contributed by atoms with van der Waals surface area (Å²) >= 11 is 0. The molecule has 1 fully saturated rings. The Labute approximate surface area is 147 Å². The minimum atomic E-state index is -0.290. The molecule has 2 aromatic rings. The SMILES string of the molecule is CN(C)[C@@H](CNC(=O)Cn1nc2ccccn2c1=O)C1CCCCC1. The molecule has 1 aliphatic carbocycles. The van der Waals surface area contributed by atoms with Crippen LogP contribution in [-0.2, 0) is 11.3 Å². The average Bonchev–Trinajstić information content (AvgIpc) is 2.92. The third kappa shape index (κ3) is 4.10. The number of aromatic nitrogens is 3. The number of nitrogens with one attached hydrogen (secondary N) is 1. The van der Waals surface area contributed by atoms with Gasteiger partial charge in [-0.05, 0) is 45.0 Å². The van der Waals surface area contributed by atoms with E-state index in [-0.39, 0.29) is 18.1 Å². The van der Waals surface area contributed by atoms with E-state index in [9.17, 15) is 9.59 Å². The fourth-order valence-corrected chi connectivity index (χ4v) is 3.77. The quantitative estimate of drug-likeness (QED) is 0.852. The number of fused-ring (bicyclic) bond motifs is 1. The molecule has 0 bridgehead atoms. The zero-order valence-corrected chi connectivity index (χ0v) is 15.0. The van der Waals surface area contributed by atoms with Crippen LogP contribution < -0.4 is 11.0 Å². The number of amides is 1. The Kier molecular flexibility index (Phi) is 5.53. The van der Waals surface area contributed by atoms with E-state index in [0.717, 1.165) is 0 Å². The monoisotopic (exact) mass is 345 g/mol. The first kappa shape index (κ1) is 17.7. The van der Waals surface area contributed by atoms with Gasteiger partial charge in [0.25, 0.3) is 0 Å². The first-order valence-corrected chi connectivity index (χ1v) is 9.03. The molecule has 7 heteroatoms. The van der Waals surface area contributed by atoms with Gasteiger partial charge in [-0.25, -0.2) is 9.48 Å². The van der Waals surface area contributed by atoms with E-state index in [4.69, 9.17) is 0 Å². The molecule has 0 unspecified atom stereocenters. The van der Waals surface area contributed by atoms with E-state index in [0.29, 0.717) is 24.2 Å². The van der Waals surface area contributed by atoms with Gasteiger partial charge in [-0.1, -0.05) is 25.3 Å².